The van der Waals surface area contributed by atoms with Crippen LogP contribution in [0.25, 0.3) is 50.3 Å². The van der Waals surface area contributed by atoms with Crippen molar-refractivity contribution in [2.24, 2.45) is 0 Å². The number of nitrogens with zero attached hydrogens (tertiary/aromatic N) is 3. The Morgan fingerprint density at radius 2 is 1.63 bits per heavy atom. The van der Waals surface area contributed by atoms with E-state index in [1.807, 2.05) is 0 Å². The lowest BCUT2D eigenvalue weighted by Crippen LogP contribution is -2.57. The molecule has 6 heterocycles. The highest BCUT2D eigenvalue weighted by atomic mass is 28.3. The largest absolute Gasteiger partial charge is 0.437 e. The van der Waals surface area contributed by atoms with Gasteiger partial charge in [-0.05, 0) is 77.1 Å². The van der Waals surface area contributed by atoms with Gasteiger partial charge in [0.15, 0.2) is 18.0 Å². The third-order valence-electron chi connectivity index (χ3n) is 11.6. The van der Waals surface area contributed by atoms with Crippen LogP contribution >= 0.6 is 0 Å². The van der Waals surface area contributed by atoms with Gasteiger partial charge in [0.2, 0.25) is 28.8 Å². The molecule has 51 heavy (non-hydrogen) atoms. The summed E-state index contributed by atoms with van der Waals surface area (Å²) < 4.78 is 11.9. The van der Waals surface area contributed by atoms with Crippen LogP contribution < -0.4 is 14.3 Å². The minimum atomic E-state index is -1.69. The van der Waals surface area contributed by atoms with Gasteiger partial charge in [-0.2, -0.15) is 9.13 Å². The molecule has 0 spiro atoms. The number of hydrogen-bond acceptors (Lipinski definition) is 2. The standard InChI is InChI=1S/C46H53N3OSi/c1-27(2)37-25-39-33-15-13-12-14-32(33)34-18-16-30-17-19-35-36-20-21-38(28(3)4)47-45(36)50-44(35)42(30)40-24-31(46(6,7)8)22-23-48(40)29(5)43(34)49(39)26-41(37)51(9,10)11/h12-15,17,19-28,34,43H,5,16,18H2,1-4,6-11H3/q+2. The molecule has 4 aromatic heterocycles. The Balaban J connectivity index is 1.44. The van der Waals surface area contributed by atoms with Gasteiger partial charge >= 0.3 is 0 Å². The second kappa shape index (κ2) is 11.8. The maximum atomic E-state index is 6.86. The average Bonchev–Trinajstić information content (AvgIpc) is 3.47. The fraction of sp³-hybridized carbons (Fsp3) is 0.370. The first-order valence-electron chi connectivity index (χ1n) is 18.9. The fourth-order valence-corrected chi connectivity index (χ4v) is 10.5. The third-order valence-corrected chi connectivity index (χ3v) is 13.6. The minimum absolute atomic E-state index is 0.0296. The van der Waals surface area contributed by atoms with Gasteiger partial charge in [0.05, 0.1) is 19.6 Å². The lowest BCUT2D eigenvalue weighted by molar-refractivity contribution is -0.726. The SMILES string of the molecule is C=C1C2C(CCc3ccc4c(oc5nc(C(C)C)ccc54)c3-c3cc(C(C)(C)C)cc[n+]31)c1ccccc1-c1cc(C(C)C)c([Si](C)(C)C)c[n+]12. The van der Waals surface area contributed by atoms with Crippen molar-refractivity contribution in [3.63, 3.8) is 0 Å². The molecule has 2 unspecified atom stereocenters. The van der Waals surface area contributed by atoms with Gasteiger partial charge < -0.3 is 4.42 Å². The van der Waals surface area contributed by atoms with Crippen molar-refractivity contribution in [3.05, 3.63) is 114 Å². The van der Waals surface area contributed by atoms with E-state index in [4.69, 9.17) is 16.0 Å². The monoisotopic (exact) mass is 691 g/mol. The van der Waals surface area contributed by atoms with Gasteiger partial charge in [0.1, 0.15) is 0 Å². The summed E-state index contributed by atoms with van der Waals surface area (Å²) in [4.78, 5) is 5.01. The molecule has 260 valence electrons. The highest BCUT2D eigenvalue weighted by Gasteiger charge is 2.48. The summed E-state index contributed by atoms with van der Waals surface area (Å²) in [6.07, 6.45) is 6.75. The van der Waals surface area contributed by atoms with E-state index < -0.39 is 8.07 Å². The molecular weight excluding hydrogens is 639 g/mol. The molecule has 0 saturated carbocycles. The molecule has 0 N–H and O–H groups in total. The number of fused-ring (bicyclic) bond motifs is 13. The minimum Gasteiger partial charge on any atom is -0.437 e. The molecule has 8 rings (SSSR count). The summed E-state index contributed by atoms with van der Waals surface area (Å²) in [7, 11) is -1.69. The topological polar surface area (TPSA) is 33.8 Å². The molecule has 2 aliphatic rings. The van der Waals surface area contributed by atoms with E-state index in [1.165, 1.54) is 39.1 Å². The molecule has 6 aromatic rings. The zero-order valence-corrected chi connectivity index (χ0v) is 33.2. The van der Waals surface area contributed by atoms with Crippen molar-refractivity contribution >= 4 is 41.0 Å². The number of pyridine rings is 3. The smallest absolute Gasteiger partial charge is 0.249 e. The zero-order chi connectivity index (χ0) is 36.1. The van der Waals surface area contributed by atoms with E-state index >= 15 is 0 Å². The molecule has 0 saturated heterocycles. The third kappa shape index (κ3) is 5.42. The van der Waals surface area contributed by atoms with Gasteiger partial charge in [-0.3, -0.25) is 0 Å². The normalized spacial score (nSPS) is 17.5. The predicted molar refractivity (Wildman–Crippen MR) is 215 cm³/mol. The summed E-state index contributed by atoms with van der Waals surface area (Å²) in [5.74, 6) is 1.02. The Hall–Kier alpha value is -4.35. The number of allylic oxidation sites excluding steroid dienone is 1. The lowest BCUT2D eigenvalue weighted by atomic mass is 9.78. The Kier molecular flexibility index (Phi) is 7.84. The lowest BCUT2D eigenvalue weighted by Gasteiger charge is -2.32. The summed E-state index contributed by atoms with van der Waals surface area (Å²) in [5.41, 5.74) is 14.2. The first-order chi connectivity index (χ1) is 24.1. The number of aromatic nitrogens is 3. The van der Waals surface area contributed by atoms with E-state index in [0.29, 0.717) is 17.5 Å². The Morgan fingerprint density at radius 1 is 0.882 bits per heavy atom. The quantitative estimate of drug-likeness (QED) is 0.137. The number of hydrogen-bond donors (Lipinski definition) is 0. The van der Waals surface area contributed by atoms with E-state index in [1.54, 1.807) is 5.19 Å². The molecule has 0 fully saturated rings. The number of rotatable bonds is 3. The molecule has 0 bridgehead atoms. The molecule has 0 amide bonds. The predicted octanol–water partition coefficient (Wildman–Crippen LogP) is 10.7. The van der Waals surface area contributed by atoms with Gasteiger partial charge in [0.25, 0.3) is 0 Å². The highest BCUT2D eigenvalue weighted by Crippen LogP contribution is 2.47. The average molecular weight is 692 g/mol. The first kappa shape index (κ1) is 33.8. The summed E-state index contributed by atoms with van der Waals surface area (Å²) in [5, 5.41) is 3.73. The molecule has 0 radical (unpaired) electrons. The van der Waals surface area contributed by atoms with Gasteiger partial charge in [-0.25, -0.2) is 4.98 Å². The number of aryl methyl sites for hydroxylation is 1. The Morgan fingerprint density at radius 3 is 2.33 bits per heavy atom. The van der Waals surface area contributed by atoms with Gasteiger partial charge in [-0.15, -0.1) is 0 Å². The van der Waals surface area contributed by atoms with Crippen LogP contribution in [0.5, 0.6) is 0 Å². The summed E-state index contributed by atoms with van der Waals surface area (Å²) in [6, 6.07) is 25.4. The van der Waals surface area contributed by atoms with Crippen LogP contribution in [-0.2, 0) is 11.8 Å². The maximum absolute atomic E-state index is 6.86. The van der Waals surface area contributed by atoms with Crippen LogP contribution in [0.4, 0.5) is 0 Å². The second-order valence-electron chi connectivity index (χ2n) is 17.8. The van der Waals surface area contributed by atoms with Crippen molar-refractivity contribution in [1.29, 1.82) is 0 Å². The Bertz CT molecular complexity index is 2380. The van der Waals surface area contributed by atoms with Crippen LogP contribution in [-0.4, -0.2) is 13.1 Å². The maximum Gasteiger partial charge on any atom is 0.249 e. The van der Waals surface area contributed by atoms with Crippen molar-refractivity contribution < 1.29 is 13.6 Å². The van der Waals surface area contributed by atoms with Crippen LogP contribution in [0, 0.1) is 0 Å². The van der Waals surface area contributed by atoms with Crippen molar-refractivity contribution in [3.8, 4) is 22.5 Å². The first-order valence-corrected chi connectivity index (χ1v) is 22.4. The van der Waals surface area contributed by atoms with E-state index in [9.17, 15) is 0 Å². The summed E-state index contributed by atoms with van der Waals surface area (Å²) in [6.45, 7) is 28.5. The molecule has 2 aliphatic heterocycles. The van der Waals surface area contributed by atoms with Crippen molar-refractivity contribution in [2.45, 2.75) is 110 Å². The highest BCUT2D eigenvalue weighted by molar-refractivity contribution is 6.89. The molecular formula is C46H53N3OSi+2. The molecule has 0 aliphatic carbocycles. The molecule has 2 atom stereocenters. The van der Waals surface area contributed by atoms with Gasteiger partial charge in [0, 0.05) is 45.4 Å². The van der Waals surface area contributed by atoms with Crippen LogP contribution in [0.1, 0.15) is 107 Å². The molecule has 5 heteroatoms. The van der Waals surface area contributed by atoms with E-state index in [-0.39, 0.29) is 17.4 Å². The van der Waals surface area contributed by atoms with Gasteiger partial charge in [-0.1, -0.05) is 98.4 Å². The van der Waals surface area contributed by atoms with Crippen molar-refractivity contribution in [1.82, 2.24) is 4.98 Å². The summed E-state index contributed by atoms with van der Waals surface area (Å²) >= 11 is 0. The molecule has 2 aromatic carbocycles. The van der Waals surface area contributed by atoms with Crippen molar-refractivity contribution in [2.75, 3.05) is 0 Å². The molecule has 4 nitrogen and oxygen atoms in total. The second-order valence-corrected chi connectivity index (χ2v) is 22.8. The van der Waals surface area contributed by atoms with E-state index in [2.05, 4.69) is 156 Å². The van der Waals surface area contributed by atoms with Crippen LogP contribution in [0.15, 0.2) is 90.1 Å². The number of furan rings is 1. The zero-order valence-electron chi connectivity index (χ0n) is 32.2. The van der Waals surface area contributed by atoms with E-state index in [0.717, 1.165) is 46.3 Å². The fourth-order valence-electron chi connectivity index (χ4n) is 8.71. The van der Waals surface area contributed by atoms with Crippen LogP contribution in [0.2, 0.25) is 19.6 Å². The number of benzene rings is 2. The van der Waals surface area contributed by atoms with Crippen LogP contribution in [0.3, 0.4) is 0 Å². The Labute approximate surface area is 304 Å².